The van der Waals surface area contributed by atoms with E-state index in [2.05, 4.69) is 27.7 Å². The molecule has 4 heteroatoms. The zero-order chi connectivity index (χ0) is 15.2. The maximum Gasteiger partial charge on any atom is 0.314 e. The molecule has 1 aliphatic carbocycles. The third-order valence-electron chi connectivity index (χ3n) is 5.57. The first-order chi connectivity index (χ1) is 9.30. The number of ether oxygens (including phenoxy) is 2. The zero-order valence-electron chi connectivity index (χ0n) is 13.4. The van der Waals surface area contributed by atoms with Crippen LogP contribution in [0.1, 0.15) is 53.4 Å². The van der Waals surface area contributed by atoms with E-state index < -0.39 is 16.6 Å². The lowest BCUT2D eigenvalue weighted by Crippen LogP contribution is -2.57. The van der Waals surface area contributed by atoms with Crippen molar-refractivity contribution in [2.75, 3.05) is 13.7 Å². The number of methoxy groups -OCH3 is 1. The minimum Gasteiger partial charge on any atom is -0.469 e. The van der Waals surface area contributed by atoms with Crippen molar-refractivity contribution in [1.82, 2.24) is 0 Å². The van der Waals surface area contributed by atoms with Crippen LogP contribution in [0.3, 0.4) is 0 Å². The first kappa shape index (κ1) is 15.8. The summed E-state index contributed by atoms with van der Waals surface area (Å²) in [5.74, 6) is 0.205. The van der Waals surface area contributed by atoms with Crippen LogP contribution in [0.4, 0.5) is 0 Å². The lowest BCUT2D eigenvalue weighted by Gasteiger charge is -2.48. The van der Waals surface area contributed by atoms with Crippen molar-refractivity contribution >= 4 is 5.97 Å². The Bertz CT molecular complexity index is 382. The predicted octanol–water partition coefficient (Wildman–Crippen LogP) is 2.53. The van der Waals surface area contributed by atoms with Crippen LogP contribution in [-0.4, -0.2) is 36.0 Å². The second kappa shape index (κ2) is 4.99. The van der Waals surface area contributed by atoms with Gasteiger partial charge in [-0.1, -0.05) is 27.7 Å². The Morgan fingerprint density at radius 1 is 1.25 bits per heavy atom. The van der Waals surface area contributed by atoms with Gasteiger partial charge in [0, 0.05) is 0 Å². The van der Waals surface area contributed by atoms with Crippen molar-refractivity contribution in [3.63, 3.8) is 0 Å². The molecule has 1 heterocycles. The molecule has 2 bridgehead atoms. The number of fused-ring (bicyclic) bond motifs is 2. The number of hydrogen-bond acceptors (Lipinski definition) is 4. The van der Waals surface area contributed by atoms with Crippen molar-refractivity contribution in [3.05, 3.63) is 0 Å². The number of carbonyl (C=O) groups excluding carboxylic acids is 1. The first-order valence-electron chi connectivity index (χ1n) is 7.70. The fourth-order valence-electron chi connectivity index (χ4n) is 5.02. The molecule has 0 aromatic carbocycles. The fraction of sp³-hybridized carbons (Fsp3) is 0.938. The van der Waals surface area contributed by atoms with Gasteiger partial charge in [0.05, 0.1) is 24.9 Å². The first-order valence-corrected chi connectivity index (χ1v) is 7.70. The van der Waals surface area contributed by atoms with Crippen molar-refractivity contribution < 1.29 is 19.4 Å². The van der Waals surface area contributed by atoms with Crippen LogP contribution in [0.2, 0.25) is 0 Å². The molecule has 0 aromatic heterocycles. The number of carbonyl (C=O) groups is 1. The molecule has 0 aromatic rings. The Labute approximate surface area is 121 Å². The number of rotatable bonds is 4. The van der Waals surface area contributed by atoms with E-state index in [1.165, 1.54) is 7.11 Å². The van der Waals surface area contributed by atoms with Crippen LogP contribution < -0.4 is 0 Å². The standard InChI is InChI=1S/C16H28O4/c1-11(2)16(12(3)4)15(13(18)19-5)8-6-7-14(9-15,10-17)20-16/h11-12,17H,6-10H2,1-5H3/t14?,15-/m1/s1. The molecule has 2 atom stereocenters. The summed E-state index contributed by atoms with van der Waals surface area (Å²) in [6.07, 6.45) is 3.09. The molecule has 1 saturated heterocycles. The van der Waals surface area contributed by atoms with Crippen molar-refractivity contribution in [1.29, 1.82) is 0 Å². The summed E-state index contributed by atoms with van der Waals surface area (Å²) in [4.78, 5) is 12.6. The van der Waals surface area contributed by atoms with Gasteiger partial charge in [0.2, 0.25) is 0 Å². The van der Waals surface area contributed by atoms with Crippen molar-refractivity contribution in [3.8, 4) is 0 Å². The van der Waals surface area contributed by atoms with Crippen LogP contribution in [0.25, 0.3) is 0 Å². The topological polar surface area (TPSA) is 55.8 Å². The fourth-order valence-corrected chi connectivity index (χ4v) is 5.02. The highest BCUT2D eigenvalue weighted by Crippen LogP contribution is 2.64. The molecule has 1 saturated carbocycles. The maximum absolute atomic E-state index is 12.6. The second-order valence-corrected chi connectivity index (χ2v) is 7.15. The van der Waals surface area contributed by atoms with Gasteiger partial charge in [0.1, 0.15) is 5.41 Å². The van der Waals surface area contributed by atoms with Crippen LogP contribution in [0.5, 0.6) is 0 Å². The molecule has 2 fully saturated rings. The Morgan fingerprint density at radius 3 is 2.30 bits per heavy atom. The highest BCUT2D eigenvalue weighted by Gasteiger charge is 2.71. The molecule has 2 aliphatic rings. The molecule has 0 radical (unpaired) electrons. The molecular weight excluding hydrogens is 256 g/mol. The van der Waals surface area contributed by atoms with Gasteiger partial charge in [0.15, 0.2) is 0 Å². The summed E-state index contributed by atoms with van der Waals surface area (Å²) >= 11 is 0. The third-order valence-corrected chi connectivity index (χ3v) is 5.57. The predicted molar refractivity (Wildman–Crippen MR) is 76.2 cm³/mol. The van der Waals surface area contributed by atoms with Crippen LogP contribution >= 0.6 is 0 Å². The summed E-state index contributed by atoms with van der Waals surface area (Å²) in [5, 5.41) is 9.86. The highest BCUT2D eigenvalue weighted by atomic mass is 16.6. The van der Waals surface area contributed by atoms with E-state index in [0.29, 0.717) is 6.42 Å². The zero-order valence-corrected chi connectivity index (χ0v) is 13.4. The minimum absolute atomic E-state index is 0.0209. The summed E-state index contributed by atoms with van der Waals surface area (Å²) < 4.78 is 11.7. The maximum atomic E-state index is 12.6. The average Bonchev–Trinajstić information content (AvgIpc) is 2.64. The summed E-state index contributed by atoms with van der Waals surface area (Å²) in [6, 6.07) is 0. The van der Waals surface area contributed by atoms with Gasteiger partial charge < -0.3 is 14.6 Å². The molecule has 20 heavy (non-hydrogen) atoms. The Kier molecular flexibility index (Phi) is 3.93. The second-order valence-electron chi connectivity index (χ2n) is 7.15. The van der Waals surface area contributed by atoms with Gasteiger partial charge in [-0.2, -0.15) is 0 Å². The molecule has 1 aliphatic heterocycles. The lowest BCUT2D eigenvalue weighted by atomic mass is 9.56. The molecule has 2 rings (SSSR count). The Morgan fingerprint density at radius 2 is 1.85 bits per heavy atom. The van der Waals surface area contributed by atoms with E-state index in [0.717, 1.165) is 19.3 Å². The van der Waals surface area contributed by atoms with Gasteiger partial charge in [-0.3, -0.25) is 4.79 Å². The molecule has 0 amide bonds. The molecule has 116 valence electrons. The van der Waals surface area contributed by atoms with Crippen molar-refractivity contribution in [2.45, 2.75) is 64.6 Å². The van der Waals surface area contributed by atoms with Gasteiger partial charge in [-0.25, -0.2) is 0 Å². The molecule has 1 unspecified atom stereocenters. The largest absolute Gasteiger partial charge is 0.469 e. The molecule has 0 spiro atoms. The molecule has 1 N–H and O–H groups in total. The Balaban J connectivity index is 2.61. The van der Waals surface area contributed by atoms with E-state index in [1.54, 1.807) is 0 Å². The molecule has 4 nitrogen and oxygen atoms in total. The average molecular weight is 284 g/mol. The lowest BCUT2D eigenvalue weighted by molar-refractivity contribution is -0.196. The van der Waals surface area contributed by atoms with Crippen LogP contribution in [0.15, 0.2) is 0 Å². The van der Waals surface area contributed by atoms with Gasteiger partial charge >= 0.3 is 5.97 Å². The normalized spacial score (nSPS) is 35.6. The summed E-state index contributed by atoms with van der Waals surface area (Å²) in [6.45, 7) is 8.41. The SMILES string of the molecule is COC(=O)[C@@]12CCCC(CO)(C1)OC2(C(C)C)C(C)C. The smallest absolute Gasteiger partial charge is 0.314 e. The quantitative estimate of drug-likeness (QED) is 0.806. The molecular formula is C16H28O4. The van der Waals surface area contributed by atoms with Crippen molar-refractivity contribution in [2.24, 2.45) is 17.3 Å². The van der Waals surface area contributed by atoms with Gasteiger partial charge in [-0.05, 0) is 37.5 Å². The van der Waals surface area contributed by atoms with Gasteiger partial charge in [-0.15, -0.1) is 0 Å². The monoisotopic (exact) mass is 284 g/mol. The number of esters is 1. The third kappa shape index (κ3) is 1.77. The van der Waals surface area contributed by atoms with Crippen LogP contribution in [-0.2, 0) is 14.3 Å². The van der Waals surface area contributed by atoms with E-state index in [4.69, 9.17) is 9.47 Å². The van der Waals surface area contributed by atoms with E-state index in [9.17, 15) is 9.90 Å². The number of hydrogen-bond donors (Lipinski definition) is 1. The van der Waals surface area contributed by atoms with E-state index in [-0.39, 0.29) is 24.4 Å². The van der Waals surface area contributed by atoms with E-state index in [1.807, 2.05) is 0 Å². The Hall–Kier alpha value is -0.610. The van der Waals surface area contributed by atoms with Gasteiger partial charge in [0.25, 0.3) is 0 Å². The number of aliphatic hydroxyl groups is 1. The van der Waals surface area contributed by atoms with E-state index >= 15 is 0 Å². The number of aliphatic hydroxyl groups excluding tert-OH is 1. The highest BCUT2D eigenvalue weighted by molar-refractivity contribution is 5.79. The summed E-state index contributed by atoms with van der Waals surface area (Å²) in [5.41, 5.74) is -1.74. The summed E-state index contributed by atoms with van der Waals surface area (Å²) in [7, 11) is 1.45. The minimum atomic E-state index is -0.620. The van der Waals surface area contributed by atoms with Crippen LogP contribution in [0, 0.1) is 17.3 Å².